The maximum absolute atomic E-state index is 4.49. The molecule has 1 N–H and O–H groups in total. The van der Waals surface area contributed by atoms with E-state index in [9.17, 15) is 0 Å². The first-order valence-electron chi connectivity index (χ1n) is 5.76. The molecule has 1 aliphatic rings. The molecule has 1 saturated heterocycles. The molecule has 15 heavy (non-hydrogen) atoms. The molecular weight excluding hydrogens is 186 g/mol. The minimum Gasteiger partial charge on any atom is -0.316 e. The zero-order valence-electron chi connectivity index (χ0n) is 9.58. The van der Waals surface area contributed by atoms with Gasteiger partial charge in [-0.3, -0.25) is 0 Å². The van der Waals surface area contributed by atoms with E-state index in [2.05, 4.69) is 15.3 Å². The van der Waals surface area contributed by atoms with Crippen molar-refractivity contribution in [1.82, 2.24) is 15.3 Å². The number of aryl methyl sites for hydroxylation is 2. The molecule has 3 heteroatoms. The molecule has 1 aromatic heterocycles. The van der Waals surface area contributed by atoms with E-state index in [0.717, 1.165) is 36.1 Å². The van der Waals surface area contributed by atoms with Crippen molar-refractivity contribution in [2.75, 3.05) is 13.1 Å². The molecule has 1 atom stereocenters. The highest BCUT2D eigenvalue weighted by molar-refractivity contribution is 5.08. The lowest BCUT2D eigenvalue weighted by Crippen LogP contribution is -2.31. The smallest absolute Gasteiger partial charge is 0.129 e. The number of hydrogen-bond acceptors (Lipinski definition) is 3. The Bertz CT molecular complexity index is 309. The van der Waals surface area contributed by atoms with Crippen molar-refractivity contribution in [2.24, 2.45) is 5.92 Å². The molecule has 0 spiro atoms. The van der Waals surface area contributed by atoms with Crippen LogP contribution in [0.25, 0.3) is 0 Å². The van der Waals surface area contributed by atoms with Crippen molar-refractivity contribution in [3.63, 3.8) is 0 Å². The first kappa shape index (κ1) is 10.6. The fourth-order valence-corrected chi connectivity index (χ4v) is 2.25. The summed E-state index contributed by atoms with van der Waals surface area (Å²) >= 11 is 0. The van der Waals surface area contributed by atoms with E-state index >= 15 is 0 Å². The first-order valence-corrected chi connectivity index (χ1v) is 5.76. The van der Waals surface area contributed by atoms with Crippen LogP contribution in [-0.4, -0.2) is 23.1 Å². The minimum atomic E-state index is 0.722. The third-order valence-electron chi connectivity index (χ3n) is 2.90. The third kappa shape index (κ3) is 2.99. The average molecular weight is 205 g/mol. The molecule has 1 aromatic rings. The highest BCUT2D eigenvalue weighted by Crippen LogP contribution is 2.14. The quantitative estimate of drug-likeness (QED) is 0.797. The summed E-state index contributed by atoms with van der Waals surface area (Å²) in [6, 6.07) is 2.03. The van der Waals surface area contributed by atoms with E-state index < -0.39 is 0 Å². The zero-order chi connectivity index (χ0) is 10.7. The molecule has 1 fully saturated rings. The molecule has 2 rings (SSSR count). The van der Waals surface area contributed by atoms with Crippen molar-refractivity contribution >= 4 is 0 Å². The van der Waals surface area contributed by atoms with Gasteiger partial charge in [-0.1, -0.05) is 0 Å². The summed E-state index contributed by atoms with van der Waals surface area (Å²) in [5.74, 6) is 1.74. The summed E-state index contributed by atoms with van der Waals surface area (Å²) in [4.78, 5) is 8.98. The van der Waals surface area contributed by atoms with Crippen LogP contribution >= 0.6 is 0 Å². The molecule has 82 valence electrons. The molecule has 0 radical (unpaired) electrons. The summed E-state index contributed by atoms with van der Waals surface area (Å²) in [5.41, 5.74) is 2.17. The maximum Gasteiger partial charge on any atom is 0.129 e. The molecule has 0 aromatic carbocycles. The fraction of sp³-hybridized carbons (Fsp3) is 0.667. The second kappa shape index (κ2) is 4.71. The van der Waals surface area contributed by atoms with Gasteiger partial charge in [0.05, 0.1) is 0 Å². The number of nitrogens with zero attached hydrogens (tertiary/aromatic N) is 2. The second-order valence-corrected chi connectivity index (χ2v) is 4.48. The molecule has 3 nitrogen and oxygen atoms in total. The monoisotopic (exact) mass is 205 g/mol. The van der Waals surface area contributed by atoms with Gasteiger partial charge in [-0.05, 0) is 51.8 Å². The lowest BCUT2D eigenvalue weighted by Gasteiger charge is -2.22. The number of hydrogen-bond donors (Lipinski definition) is 1. The molecule has 2 heterocycles. The number of aromatic nitrogens is 2. The van der Waals surface area contributed by atoms with E-state index in [1.165, 1.54) is 19.4 Å². The van der Waals surface area contributed by atoms with Crippen LogP contribution in [0, 0.1) is 19.8 Å². The van der Waals surface area contributed by atoms with E-state index in [1.54, 1.807) is 0 Å². The van der Waals surface area contributed by atoms with Gasteiger partial charge in [0.1, 0.15) is 5.82 Å². The predicted octanol–water partition coefficient (Wildman–Crippen LogP) is 1.64. The lowest BCUT2D eigenvalue weighted by atomic mass is 9.96. The van der Waals surface area contributed by atoms with E-state index in [-0.39, 0.29) is 0 Å². The van der Waals surface area contributed by atoms with Crippen LogP contribution in [0.4, 0.5) is 0 Å². The summed E-state index contributed by atoms with van der Waals surface area (Å²) in [7, 11) is 0. The molecule has 1 unspecified atom stereocenters. The van der Waals surface area contributed by atoms with Crippen LogP contribution in [0.1, 0.15) is 30.1 Å². The van der Waals surface area contributed by atoms with Crippen molar-refractivity contribution in [3.05, 3.63) is 23.3 Å². The van der Waals surface area contributed by atoms with Gasteiger partial charge in [-0.25, -0.2) is 9.97 Å². The van der Waals surface area contributed by atoms with Gasteiger partial charge in [0.15, 0.2) is 0 Å². The van der Waals surface area contributed by atoms with Crippen LogP contribution in [0.5, 0.6) is 0 Å². The first-order chi connectivity index (χ1) is 7.24. The van der Waals surface area contributed by atoms with Crippen molar-refractivity contribution in [3.8, 4) is 0 Å². The van der Waals surface area contributed by atoms with Gasteiger partial charge >= 0.3 is 0 Å². The lowest BCUT2D eigenvalue weighted by molar-refractivity contribution is 0.370. The van der Waals surface area contributed by atoms with E-state index in [1.807, 2.05) is 19.9 Å². The molecule has 0 bridgehead atoms. The Morgan fingerprint density at radius 3 is 2.67 bits per heavy atom. The van der Waals surface area contributed by atoms with Crippen LogP contribution in [-0.2, 0) is 6.42 Å². The topological polar surface area (TPSA) is 37.8 Å². The average Bonchev–Trinajstić information content (AvgIpc) is 2.17. The molecule has 1 aliphatic heterocycles. The van der Waals surface area contributed by atoms with Gasteiger partial charge in [-0.2, -0.15) is 0 Å². The van der Waals surface area contributed by atoms with E-state index in [4.69, 9.17) is 0 Å². The zero-order valence-corrected chi connectivity index (χ0v) is 9.58. The Balaban J connectivity index is 2.02. The Morgan fingerprint density at radius 2 is 2.07 bits per heavy atom. The summed E-state index contributed by atoms with van der Waals surface area (Å²) in [6.45, 7) is 6.37. The molecule has 0 saturated carbocycles. The summed E-state index contributed by atoms with van der Waals surface area (Å²) in [6.07, 6.45) is 3.62. The molecule has 0 amide bonds. The Morgan fingerprint density at radius 1 is 1.33 bits per heavy atom. The van der Waals surface area contributed by atoms with Gasteiger partial charge in [0.2, 0.25) is 0 Å². The van der Waals surface area contributed by atoms with E-state index in [0.29, 0.717) is 0 Å². The summed E-state index contributed by atoms with van der Waals surface area (Å²) in [5, 5.41) is 3.43. The minimum absolute atomic E-state index is 0.722. The summed E-state index contributed by atoms with van der Waals surface area (Å²) < 4.78 is 0. The Hall–Kier alpha value is -0.960. The van der Waals surface area contributed by atoms with Crippen LogP contribution in [0.2, 0.25) is 0 Å². The SMILES string of the molecule is Cc1cc(C)nc(CC2CCCNC2)n1. The molecule has 0 aliphatic carbocycles. The van der Waals surface area contributed by atoms with Gasteiger partial charge in [-0.15, -0.1) is 0 Å². The largest absolute Gasteiger partial charge is 0.316 e. The van der Waals surface area contributed by atoms with Gasteiger partial charge < -0.3 is 5.32 Å². The second-order valence-electron chi connectivity index (χ2n) is 4.48. The third-order valence-corrected chi connectivity index (χ3v) is 2.90. The molecular formula is C12H19N3. The standard InChI is InChI=1S/C12H19N3/c1-9-6-10(2)15-12(14-9)7-11-4-3-5-13-8-11/h6,11,13H,3-5,7-8H2,1-2H3. The Labute approximate surface area is 91.3 Å². The number of nitrogens with one attached hydrogen (secondary N) is 1. The van der Waals surface area contributed by atoms with Crippen LogP contribution < -0.4 is 5.32 Å². The number of rotatable bonds is 2. The Kier molecular flexibility index (Phi) is 3.31. The highest BCUT2D eigenvalue weighted by atomic mass is 14.9. The van der Waals surface area contributed by atoms with Crippen LogP contribution in [0.3, 0.4) is 0 Å². The fourth-order valence-electron chi connectivity index (χ4n) is 2.25. The van der Waals surface area contributed by atoms with Gasteiger partial charge in [0, 0.05) is 17.8 Å². The predicted molar refractivity (Wildman–Crippen MR) is 60.8 cm³/mol. The van der Waals surface area contributed by atoms with Crippen molar-refractivity contribution in [1.29, 1.82) is 0 Å². The van der Waals surface area contributed by atoms with Gasteiger partial charge in [0.25, 0.3) is 0 Å². The highest BCUT2D eigenvalue weighted by Gasteiger charge is 2.14. The number of piperidine rings is 1. The normalized spacial score (nSPS) is 21.6. The van der Waals surface area contributed by atoms with Crippen LogP contribution in [0.15, 0.2) is 6.07 Å². The maximum atomic E-state index is 4.49. The van der Waals surface area contributed by atoms with Crippen molar-refractivity contribution < 1.29 is 0 Å². The van der Waals surface area contributed by atoms with Crippen molar-refractivity contribution in [2.45, 2.75) is 33.1 Å².